The first-order chi connectivity index (χ1) is 33.1. The van der Waals surface area contributed by atoms with E-state index in [9.17, 15) is 0 Å². The molecule has 3 nitrogen and oxygen atoms in total. The van der Waals surface area contributed by atoms with Crippen molar-refractivity contribution in [2.75, 3.05) is 9.71 Å². The smallest absolute Gasteiger partial charge is 0.333 e. The summed E-state index contributed by atoms with van der Waals surface area (Å²) >= 11 is 0. The van der Waals surface area contributed by atoms with Crippen LogP contribution in [0.1, 0.15) is 109 Å². The molecule has 0 unspecified atom stereocenters. The number of benzene rings is 8. The zero-order valence-electron chi connectivity index (χ0n) is 41.7. The summed E-state index contributed by atoms with van der Waals surface area (Å²) in [5, 5.41) is 2.31. The Hall–Kier alpha value is -6.78. The highest BCUT2D eigenvalue weighted by Gasteiger charge is 2.50. The Kier molecular flexibility index (Phi) is 8.97. The van der Waals surface area contributed by atoms with Gasteiger partial charge < -0.3 is 14.1 Å². The van der Waals surface area contributed by atoms with Gasteiger partial charge in [-0.1, -0.05) is 159 Å². The van der Waals surface area contributed by atoms with E-state index in [4.69, 9.17) is 4.42 Å². The summed E-state index contributed by atoms with van der Waals surface area (Å²) in [6, 6.07) is 59.9. The van der Waals surface area contributed by atoms with Crippen molar-refractivity contribution in [3.8, 4) is 33.4 Å². The lowest BCUT2D eigenvalue weighted by molar-refractivity contribution is 0.332. The Morgan fingerprint density at radius 2 is 0.971 bits per heavy atom. The molecule has 4 heteroatoms. The second kappa shape index (κ2) is 14.6. The van der Waals surface area contributed by atoms with Crippen molar-refractivity contribution in [1.29, 1.82) is 0 Å². The molecule has 0 saturated carbocycles. The SMILES string of the molecule is Cc1cc(-c2ccccc2)ccc1N1c2cc3c(cc2B2c4c(cc5c(oc6ccccc65)c41)-c1cc4c(cc1N2c1ccc(-c2ccccc2)cc1)C(C)(C)CCC4(C)C)C(C)(C)CCC3(C)C. The normalized spacial score (nSPS) is 17.8. The van der Waals surface area contributed by atoms with Gasteiger partial charge in [0.15, 0.2) is 5.58 Å². The van der Waals surface area contributed by atoms with Crippen molar-refractivity contribution in [2.45, 2.75) is 110 Å². The van der Waals surface area contributed by atoms with Crippen LogP contribution in [0.2, 0.25) is 0 Å². The highest BCUT2D eigenvalue weighted by molar-refractivity contribution is 6.94. The number of hydrogen-bond acceptors (Lipinski definition) is 3. The quantitative estimate of drug-likeness (QED) is 0.164. The van der Waals surface area contributed by atoms with Gasteiger partial charge in [0.1, 0.15) is 5.58 Å². The van der Waals surface area contributed by atoms with Crippen LogP contribution in [-0.4, -0.2) is 6.85 Å². The summed E-state index contributed by atoms with van der Waals surface area (Å²) in [6.45, 7) is 21.9. The van der Waals surface area contributed by atoms with Crippen LogP contribution < -0.4 is 20.6 Å². The third-order valence-corrected chi connectivity index (χ3v) is 17.3. The molecule has 0 N–H and O–H groups in total. The fourth-order valence-electron chi connectivity index (χ4n) is 13.0. The maximum atomic E-state index is 7.29. The van der Waals surface area contributed by atoms with Gasteiger partial charge in [0.05, 0.1) is 5.69 Å². The van der Waals surface area contributed by atoms with Gasteiger partial charge in [-0.2, -0.15) is 0 Å². The molecule has 0 fully saturated rings. The molecule has 3 heterocycles. The van der Waals surface area contributed by atoms with Gasteiger partial charge in [0.2, 0.25) is 0 Å². The molecule has 0 radical (unpaired) electrons. The lowest BCUT2D eigenvalue weighted by Crippen LogP contribution is -2.62. The van der Waals surface area contributed by atoms with E-state index in [0.717, 1.165) is 53.3 Å². The zero-order chi connectivity index (χ0) is 47.4. The molecule has 8 aromatic carbocycles. The minimum absolute atomic E-state index is 0.00184. The minimum atomic E-state index is -0.151. The number of hydrogen-bond donors (Lipinski definition) is 0. The van der Waals surface area contributed by atoms with E-state index in [-0.39, 0.29) is 28.5 Å². The average Bonchev–Trinajstić information content (AvgIpc) is 3.73. The lowest BCUT2D eigenvalue weighted by Gasteiger charge is -2.49. The molecule has 0 amide bonds. The molecule has 340 valence electrons. The summed E-state index contributed by atoms with van der Waals surface area (Å²) in [7, 11) is 0. The van der Waals surface area contributed by atoms with Crippen molar-refractivity contribution in [3.63, 3.8) is 0 Å². The lowest BCUT2D eigenvalue weighted by atomic mass is 9.42. The van der Waals surface area contributed by atoms with Gasteiger partial charge in [-0.05, 0) is 175 Å². The van der Waals surface area contributed by atoms with Crippen LogP contribution in [0.4, 0.5) is 28.4 Å². The standard InChI is InChI=1S/C65H61BN2O/c1-40-34-44(42-20-14-11-15-21-42)26-29-55(40)67-57-39-53-51(63(4,5)31-33-65(53,8)9)37-54(57)66-59-48(35-49-46-22-16-17-23-58(46)69-61(49)60(59)67)47-36-50-52(64(6,7)32-30-62(50,2)3)38-56(47)68(66)45-27-24-43(25-28-45)41-18-12-10-13-19-41/h10-29,34-39H,30-33H2,1-9H3. The van der Waals surface area contributed by atoms with Gasteiger partial charge in [-0.3, -0.25) is 0 Å². The fraction of sp³-hybridized carbons (Fsp3) is 0.262. The van der Waals surface area contributed by atoms with Crippen LogP contribution in [0, 0.1) is 6.92 Å². The summed E-state index contributed by atoms with van der Waals surface area (Å²) < 4.78 is 7.29. The van der Waals surface area contributed by atoms with Gasteiger partial charge >= 0.3 is 6.85 Å². The van der Waals surface area contributed by atoms with Crippen LogP contribution in [0.25, 0.3) is 55.3 Å². The Balaban J connectivity index is 1.19. The Morgan fingerprint density at radius 1 is 0.449 bits per heavy atom. The first-order valence-electron chi connectivity index (χ1n) is 25.4. The molecule has 0 bridgehead atoms. The second-order valence-electron chi connectivity index (χ2n) is 23.5. The van der Waals surface area contributed by atoms with E-state index in [1.165, 1.54) is 94.9 Å². The molecule has 0 spiro atoms. The molecular formula is C65H61BN2O. The number of anilines is 5. The van der Waals surface area contributed by atoms with Crippen LogP contribution in [0.5, 0.6) is 0 Å². The number of para-hydroxylation sites is 1. The van der Waals surface area contributed by atoms with Crippen molar-refractivity contribution >= 4 is 68.1 Å². The predicted molar refractivity (Wildman–Crippen MR) is 294 cm³/mol. The van der Waals surface area contributed by atoms with E-state index >= 15 is 0 Å². The summed E-state index contributed by atoms with van der Waals surface area (Å²) in [5.41, 5.74) is 25.2. The number of furan rings is 1. The van der Waals surface area contributed by atoms with E-state index < -0.39 is 0 Å². The molecule has 69 heavy (non-hydrogen) atoms. The largest absolute Gasteiger partial charge is 0.454 e. The molecule has 1 aromatic heterocycles. The molecule has 2 aliphatic carbocycles. The van der Waals surface area contributed by atoms with Crippen molar-refractivity contribution in [2.24, 2.45) is 0 Å². The van der Waals surface area contributed by atoms with Crippen LogP contribution in [0.3, 0.4) is 0 Å². The molecular weight excluding hydrogens is 836 g/mol. The third-order valence-electron chi connectivity index (χ3n) is 17.3. The van der Waals surface area contributed by atoms with Gasteiger partial charge in [-0.15, -0.1) is 0 Å². The van der Waals surface area contributed by atoms with Crippen LogP contribution in [0.15, 0.2) is 162 Å². The van der Waals surface area contributed by atoms with Crippen molar-refractivity contribution in [3.05, 3.63) is 186 Å². The molecule has 4 aliphatic rings. The number of aryl methyl sites for hydroxylation is 1. The van der Waals surface area contributed by atoms with E-state index in [1.54, 1.807) is 0 Å². The Morgan fingerprint density at radius 3 is 1.59 bits per heavy atom. The van der Waals surface area contributed by atoms with Gasteiger partial charge in [0, 0.05) is 39.1 Å². The molecule has 0 atom stereocenters. The molecule has 0 saturated heterocycles. The Bertz CT molecular complexity index is 3580. The summed E-state index contributed by atoms with van der Waals surface area (Å²) in [4.78, 5) is 5.36. The maximum Gasteiger partial charge on any atom is 0.333 e. The highest BCUT2D eigenvalue weighted by atomic mass is 16.3. The molecule has 2 aliphatic heterocycles. The van der Waals surface area contributed by atoms with Gasteiger partial charge in [-0.25, -0.2) is 0 Å². The zero-order valence-corrected chi connectivity index (χ0v) is 41.7. The average molecular weight is 897 g/mol. The summed E-state index contributed by atoms with van der Waals surface area (Å²) in [5.74, 6) is 0. The summed E-state index contributed by atoms with van der Waals surface area (Å²) in [6.07, 6.45) is 4.59. The fourth-order valence-corrected chi connectivity index (χ4v) is 13.0. The maximum absolute atomic E-state index is 7.29. The first kappa shape index (κ1) is 42.3. The van der Waals surface area contributed by atoms with Crippen LogP contribution in [-0.2, 0) is 21.7 Å². The number of fused-ring (bicyclic) bond motifs is 10. The van der Waals surface area contributed by atoms with E-state index in [1.807, 2.05) is 0 Å². The Labute approximate surface area is 408 Å². The number of nitrogens with zero attached hydrogens (tertiary/aromatic N) is 2. The highest BCUT2D eigenvalue weighted by Crippen LogP contribution is 2.56. The monoisotopic (exact) mass is 896 g/mol. The predicted octanol–water partition coefficient (Wildman–Crippen LogP) is 16.6. The van der Waals surface area contributed by atoms with Crippen LogP contribution >= 0.6 is 0 Å². The number of rotatable bonds is 4. The molecule has 13 rings (SSSR count). The van der Waals surface area contributed by atoms with Crippen molar-refractivity contribution in [1.82, 2.24) is 0 Å². The minimum Gasteiger partial charge on any atom is -0.454 e. The second-order valence-corrected chi connectivity index (χ2v) is 23.5. The topological polar surface area (TPSA) is 19.6 Å². The van der Waals surface area contributed by atoms with Crippen molar-refractivity contribution < 1.29 is 4.42 Å². The first-order valence-corrected chi connectivity index (χ1v) is 25.4. The van der Waals surface area contributed by atoms with Gasteiger partial charge in [0.25, 0.3) is 0 Å². The van der Waals surface area contributed by atoms with E-state index in [0.29, 0.717) is 0 Å². The van der Waals surface area contributed by atoms with E-state index in [2.05, 4.69) is 230 Å². The molecule has 9 aromatic rings. The third kappa shape index (κ3) is 6.26.